The van der Waals surface area contributed by atoms with Gasteiger partial charge in [-0.2, -0.15) is 0 Å². The molecule has 1 aromatic carbocycles. The average molecular weight is 362 g/mol. The summed E-state index contributed by atoms with van der Waals surface area (Å²) in [5, 5.41) is 14.0. The summed E-state index contributed by atoms with van der Waals surface area (Å²) in [6.45, 7) is 0. The molecule has 3 heterocycles. The van der Waals surface area contributed by atoms with E-state index in [2.05, 4.69) is 20.5 Å². The number of pyridine rings is 1. The number of carbonyl (C=O) groups is 1. The molecular formula is C19H14N4O2S. The maximum Gasteiger partial charge on any atom is 0.274 e. The third-order valence-electron chi connectivity index (χ3n) is 4.31. The van der Waals surface area contributed by atoms with Crippen molar-refractivity contribution in [2.75, 3.05) is 5.32 Å². The van der Waals surface area contributed by atoms with Gasteiger partial charge in [0.05, 0.1) is 11.2 Å². The number of thiophene rings is 1. The first-order valence-electron chi connectivity index (χ1n) is 8.36. The zero-order chi connectivity index (χ0) is 17.5. The number of hydrogen-bond acceptors (Lipinski definition) is 6. The highest BCUT2D eigenvalue weighted by atomic mass is 32.1. The van der Waals surface area contributed by atoms with Crippen LogP contribution in [0, 0.1) is 0 Å². The summed E-state index contributed by atoms with van der Waals surface area (Å²) in [4.78, 5) is 17.8. The summed E-state index contributed by atoms with van der Waals surface area (Å²) < 4.78 is 5.76. The molecule has 0 spiro atoms. The lowest BCUT2D eigenvalue weighted by atomic mass is 10.2. The van der Waals surface area contributed by atoms with Crippen LogP contribution in [0.15, 0.2) is 52.3 Å². The number of para-hydroxylation sites is 1. The van der Waals surface area contributed by atoms with E-state index in [1.54, 1.807) is 6.07 Å². The first-order valence-corrected chi connectivity index (χ1v) is 9.24. The van der Waals surface area contributed by atoms with Crippen molar-refractivity contribution in [2.24, 2.45) is 0 Å². The Bertz CT molecular complexity index is 1110. The maximum atomic E-state index is 12.6. The molecule has 0 atom stereocenters. The van der Waals surface area contributed by atoms with E-state index in [0.717, 1.165) is 28.6 Å². The molecule has 0 unspecified atom stereocenters. The summed E-state index contributed by atoms with van der Waals surface area (Å²) in [5.74, 6) is 1.26. The normalized spacial score (nSPS) is 13.8. The number of fused-ring (bicyclic) bond motifs is 1. The number of benzene rings is 1. The van der Waals surface area contributed by atoms with Crippen molar-refractivity contribution in [3.05, 3.63) is 59.4 Å². The first kappa shape index (κ1) is 15.2. The van der Waals surface area contributed by atoms with Gasteiger partial charge < -0.3 is 9.73 Å². The number of rotatable bonds is 4. The van der Waals surface area contributed by atoms with Gasteiger partial charge in [-0.3, -0.25) is 4.79 Å². The molecule has 4 aromatic rings. The van der Waals surface area contributed by atoms with Crippen molar-refractivity contribution in [3.63, 3.8) is 0 Å². The highest BCUT2D eigenvalue weighted by Crippen LogP contribution is 2.41. The van der Waals surface area contributed by atoms with E-state index in [0.29, 0.717) is 29.1 Å². The lowest BCUT2D eigenvalue weighted by Gasteiger charge is -2.05. The minimum absolute atomic E-state index is 0.266. The van der Waals surface area contributed by atoms with Crippen LogP contribution in [0.5, 0.6) is 0 Å². The molecule has 1 aliphatic carbocycles. The Morgan fingerprint density at radius 1 is 1.12 bits per heavy atom. The fourth-order valence-corrected chi connectivity index (χ4v) is 3.54. The standard InChI is InChI=1S/C19H14N4O2S/c24-17(15-8-7-11-3-1-2-4-13(11)20-15)21-14-9-10-26-16(14)19-23-22-18(25-19)12-5-6-12/h1-4,7-10,12H,5-6H2,(H,21,24). The van der Waals surface area contributed by atoms with Gasteiger partial charge in [0, 0.05) is 11.3 Å². The summed E-state index contributed by atoms with van der Waals surface area (Å²) in [7, 11) is 0. The monoisotopic (exact) mass is 362 g/mol. The van der Waals surface area contributed by atoms with E-state index in [-0.39, 0.29) is 5.91 Å². The highest BCUT2D eigenvalue weighted by Gasteiger charge is 2.30. The van der Waals surface area contributed by atoms with Gasteiger partial charge in [0.25, 0.3) is 11.8 Å². The maximum absolute atomic E-state index is 12.6. The number of aromatic nitrogens is 3. The van der Waals surface area contributed by atoms with Gasteiger partial charge in [0.1, 0.15) is 10.6 Å². The van der Waals surface area contributed by atoms with Gasteiger partial charge in [-0.05, 0) is 36.4 Å². The summed E-state index contributed by atoms with van der Waals surface area (Å²) >= 11 is 1.46. The van der Waals surface area contributed by atoms with E-state index in [4.69, 9.17) is 4.42 Å². The molecule has 1 fully saturated rings. The van der Waals surface area contributed by atoms with Crippen LogP contribution in [0.3, 0.4) is 0 Å². The number of anilines is 1. The molecule has 7 heteroatoms. The SMILES string of the molecule is O=C(Nc1ccsc1-c1nnc(C2CC2)o1)c1ccc2ccccc2n1. The minimum Gasteiger partial charge on any atom is -0.420 e. The van der Waals surface area contributed by atoms with Crippen LogP contribution in [0.25, 0.3) is 21.7 Å². The van der Waals surface area contributed by atoms with Crippen molar-refractivity contribution >= 4 is 33.8 Å². The quantitative estimate of drug-likeness (QED) is 0.579. The van der Waals surface area contributed by atoms with E-state index >= 15 is 0 Å². The van der Waals surface area contributed by atoms with Crippen molar-refractivity contribution in [1.82, 2.24) is 15.2 Å². The van der Waals surface area contributed by atoms with Crippen molar-refractivity contribution < 1.29 is 9.21 Å². The summed E-state index contributed by atoms with van der Waals surface area (Å²) in [6, 6.07) is 13.2. The fraction of sp³-hybridized carbons (Fsp3) is 0.158. The van der Waals surface area contributed by atoms with Gasteiger partial charge in [-0.15, -0.1) is 21.5 Å². The lowest BCUT2D eigenvalue weighted by molar-refractivity contribution is 0.102. The number of nitrogens with one attached hydrogen (secondary N) is 1. The van der Waals surface area contributed by atoms with E-state index in [1.165, 1.54) is 11.3 Å². The Balaban J connectivity index is 1.41. The van der Waals surface area contributed by atoms with Crippen LogP contribution in [-0.2, 0) is 0 Å². The number of carbonyl (C=O) groups excluding carboxylic acids is 1. The second kappa shape index (κ2) is 6.03. The highest BCUT2D eigenvalue weighted by molar-refractivity contribution is 7.14. The molecule has 1 aliphatic rings. The third-order valence-corrected chi connectivity index (χ3v) is 5.21. The molecule has 3 aromatic heterocycles. The van der Waals surface area contributed by atoms with Crippen LogP contribution in [0.2, 0.25) is 0 Å². The molecule has 6 nitrogen and oxygen atoms in total. The number of nitrogens with zero attached hydrogens (tertiary/aromatic N) is 3. The Morgan fingerprint density at radius 2 is 2.00 bits per heavy atom. The zero-order valence-electron chi connectivity index (χ0n) is 13.7. The lowest BCUT2D eigenvalue weighted by Crippen LogP contribution is -2.13. The fourth-order valence-electron chi connectivity index (χ4n) is 2.77. The smallest absolute Gasteiger partial charge is 0.274 e. The largest absolute Gasteiger partial charge is 0.420 e. The Morgan fingerprint density at radius 3 is 2.88 bits per heavy atom. The van der Waals surface area contributed by atoms with E-state index in [9.17, 15) is 4.79 Å². The number of amides is 1. The third kappa shape index (κ3) is 2.76. The van der Waals surface area contributed by atoms with Crippen molar-refractivity contribution in [3.8, 4) is 10.8 Å². The van der Waals surface area contributed by atoms with E-state index < -0.39 is 0 Å². The molecule has 5 rings (SSSR count). The predicted octanol–water partition coefficient (Wildman–Crippen LogP) is 4.48. The van der Waals surface area contributed by atoms with Gasteiger partial charge in [-0.25, -0.2) is 4.98 Å². The van der Waals surface area contributed by atoms with Gasteiger partial charge >= 0.3 is 0 Å². The Kier molecular flexibility index (Phi) is 3.53. The molecular weight excluding hydrogens is 348 g/mol. The first-order chi connectivity index (χ1) is 12.8. The predicted molar refractivity (Wildman–Crippen MR) is 99.3 cm³/mol. The van der Waals surface area contributed by atoms with Crippen LogP contribution in [-0.4, -0.2) is 21.1 Å². The van der Waals surface area contributed by atoms with Gasteiger partial charge in [-0.1, -0.05) is 24.3 Å². The zero-order valence-corrected chi connectivity index (χ0v) is 14.5. The van der Waals surface area contributed by atoms with E-state index in [1.807, 2.05) is 41.8 Å². The molecule has 0 aliphatic heterocycles. The Hall–Kier alpha value is -3.06. The number of hydrogen-bond donors (Lipinski definition) is 1. The summed E-state index contributed by atoms with van der Waals surface area (Å²) in [5.41, 5.74) is 1.81. The van der Waals surface area contributed by atoms with Crippen LogP contribution >= 0.6 is 11.3 Å². The molecule has 128 valence electrons. The molecule has 0 bridgehead atoms. The molecule has 1 saturated carbocycles. The molecule has 0 saturated heterocycles. The summed E-state index contributed by atoms with van der Waals surface area (Å²) in [6.07, 6.45) is 2.20. The molecule has 26 heavy (non-hydrogen) atoms. The molecule has 0 radical (unpaired) electrons. The molecule has 1 amide bonds. The second-order valence-electron chi connectivity index (χ2n) is 6.23. The topological polar surface area (TPSA) is 80.9 Å². The average Bonchev–Trinajstić information content (AvgIpc) is 3.23. The second-order valence-corrected chi connectivity index (χ2v) is 7.14. The van der Waals surface area contributed by atoms with Crippen molar-refractivity contribution in [2.45, 2.75) is 18.8 Å². The Labute approximate surface area is 152 Å². The van der Waals surface area contributed by atoms with Gasteiger partial charge in [0.2, 0.25) is 5.89 Å². The van der Waals surface area contributed by atoms with Crippen LogP contribution in [0.4, 0.5) is 5.69 Å². The van der Waals surface area contributed by atoms with Gasteiger partial charge in [0.15, 0.2) is 0 Å². The van der Waals surface area contributed by atoms with Crippen LogP contribution in [0.1, 0.15) is 35.1 Å². The van der Waals surface area contributed by atoms with Crippen molar-refractivity contribution in [1.29, 1.82) is 0 Å². The molecule has 1 N–H and O–H groups in total. The van der Waals surface area contributed by atoms with Crippen LogP contribution < -0.4 is 5.32 Å². The minimum atomic E-state index is -0.266.